The number of hydrogen-bond acceptors (Lipinski definition) is 4. The van der Waals surface area contributed by atoms with Gasteiger partial charge in [0.2, 0.25) is 0 Å². The Kier molecular flexibility index (Phi) is 3.23. The lowest BCUT2D eigenvalue weighted by molar-refractivity contribution is 0.115. The maximum atomic E-state index is 5.45. The van der Waals surface area contributed by atoms with Crippen LogP contribution in [0.4, 0.5) is 5.82 Å². The monoisotopic (exact) mass is 261 g/mol. The molecule has 3 atom stereocenters. The zero-order valence-electron chi connectivity index (χ0n) is 12.2. The fraction of sp³-hybridized carbons (Fsp3) is 0.667. The highest BCUT2D eigenvalue weighted by Crippen LogP contribution is 2.35. The van der Waals surface area contributed by atoms with Crippen molar-refractivity contribution in [2.45, 2.75) is 45.4 Å². The molecule has 0 amide bonds. The number of pyridine rings is 1. The second kappa shape index (κ2) is 4.76. The van der Waals surface area contributed by atoms with Gasteiger partial charge in [0, 0.05) is 32.3 Å². The van der Waals surface area contributed by atoms with Gasteiger partial charge in [0.05, 0.1) is 11.8 Å². The molecule has 0 aromatic carbocycles. The maximum absolute atomic E-state index is 5.45. The van der Waals surface area contributed by atoms with E-state index in [1.165, 1.54) is 16.9 Å². The molecule has 4 nitrogen and oxygen atoms in total. The van der Waals surface area contributed by atoms with Gasteiger partial charge in [0.25, 0.3) is 0 Å². The van der Waals surface area contributed by atoms with Gasteiger partial charge < -0.3 is 15.0 Å². The molecular formula is C15H23N3O. The first-order chi connectivity index (χ1) is 9.11. The molecule has 0 spiro atoms. The quantitative estimate of drug-likeness (QED) is 0.881. The minimum atomic E-state index is 0.0579. The van der Waals surface area contributed by atoms with Crippen molar-refractivity contribution < 1.29 is 4.74 Å². The van der Waals surface area contributed by atoms with E-state index in [-0.39, 0.29) is 6.10 Å². The van der Waals surface area contributed by atoms with E-state index in [1.807, 2.05) is 0 Å². The van der Waals surface area contributed by atoms with Gasteiger partial charge in [0.1, 0.15) is 5.82 Å². The molecule has 2 aliphatic heterocycles. The summed E-state index contributed by atoms with van der Waals surface area (Å²) in [5.74, 6) is 1.18. The Bertz CT molecular complexity index is 489. The van der Waals surface area contributed by atoms with Crippen LogP contribution in [0.15, 0.2) is 6.07 Å². The minimum absolute atomic E-state index is 0.0579. The number of nitrogens with one attached hydrogen (secondary N) is 1. The van der Waals surface area contributed by atoms with Gasteiger partial charge in [-0.05, 0) is 38.3 Å². The van der Waals surface area contributed by atoms with Crippen molar-refractivity contribution in [3.05, 3.63) is 22.9 Å². The Morgan fingerprint density at radius 2 is 2.26 bits per heavy atom. The number of aromatic nitrogens is 1. The third-order valence-electron chi connectivity index (χ3n) is 4.44. The van der Waals surface area contributed by atoms with Crippen LogP contribution in [0.1, 0.15) is 36.8 Å². The summed E-state index contributed by atoms with van der Waals surface area (Å²) in [4.78, 5) is 7.43. The molecule has 0 bridgehead atoms. The lowest BCUT2D eigenvalue weighted by Crippen LogP contribution is -2.55. The van der Waals surface area contributed by atoms with Gasteiger partial charge >= 0.3 is 0 Å². The zero-order chi connectivity index (χ0) is 13.6. The first-order valence-electron chi connectivity index (χ1n) is 7.14. The van der Waals surface area contributed by atoms with Crippen molar-refractivity contribution in [2.24, 2.45) is 0 Å². The summed E-state index contributed by atoms with van der Waals surface area (Å²) in [6, 6.07) is 3.39. The number of ether oxygens (including phenoxy) is 1. The fourth-order valence-corrected chi connectivity index (χ4v) is 3.39. The fourth-order valence-electron chi connectivity index (χ4n) is 3.39. The SMILES string of the molecule is COC(C)c1nc2c(cc1C)C[C@@H]1CNC[C@@H](C)N21. The van der Waals surface area contributed by atoms with E-state index in [1.54, 1.807) is 7.11 Å². The van der Waals surface area contributed by atoms with Gasteiger partial charge in [-0.1, -0.05) is 6.07 Å². The van der Waals surface area contributed by atoms with Crippen LogP contribution in [0, 0.1) is 6.92 Å². The van der Waals surface area contributed by atoms with E-state index in [9.17, 15) is 0 Å². The second-order valence-electron chi connectivity index (χ2n) is 5.82. The van der Waals surface area contributed by atoms with Crippen molar-refractivity contribution in [3.8, 4) is 0 Å². The molecule has 1 aromatic heterocycles. The summed E-state index contributed by atoms with van der Waals surface area (Å²) < 4.78 is 5.45. The molecule has 0 aliphatic carbocycles. The Morgan fingerprint density at radius 3 is 3.00 bits per heavy atom. The highest BCUT2D eigenvalue weighted by Gasteiger charge is 2.36. The van der Waals surface area contributed by atoms with Crippen molar-refractivity contribution in [2.75, 3.05) is 25.1 Å². The average Bonchev–Trinajstić information content (AvgIpc) is 2.75. The van der Waals surface area contributed by atoms with Gasteiger partial charge in [0.15, 0.2) is 0 Å². The summed E-state index contributed by atoms with van der Waals surface area (Å²) in [6.07, 6.45) is 1.17. The summed E-state index contributed by atoms with van der Waals surface area (Å²) in [5, 5.41) is 3.51. The summed E-state index contributed by atoms with van der Waals surface area (Å²) in [6.45, 7) is 8.58. The number of methoxy groups -OCH3 is 1. The van der Waals surface area contributed by atoms with E-state index in [4.69, 9.17) is 9.72 Å². The third-order valence-corrected chi connectivity index (χ3v) is 4.44. The normalized spacial score (nSPS) is 27.1. The molecule has 0 saturated carbocycles. The van der Waals surface area contributed by atoms with Crippen LogP contribution in [0.25, 0.3) is 0 Å². The Hall–Kier alpha value is -1.13. The molecule has 0 radical (unpaired) electrons. The van der Waals surface area contributed by atoms with Crippen LogP contribution in [0.2, 0.25) is 0 Å². The molecule has 104 valence electrons. The van der Waals surface area contributed by atoms with Crippen LogP contribution >= 0.6 is 0 Å². The Balaban J connectivity index is 2.03. The van der Waals surface area contributed by atoms with Crippen molar-refractivity contribution >= 4 is 5.82 Å². The number of nitrogens with zero attached hydrogens (tertiary/aromatic N) is 2. The third kappa shape index (κ3) is 2.03. The van der Waals surface area contributed by atoms with Gasteiger partial charge in [-0.15, -0.1) is 0 Å². The maximum Gasteiger partial charge on any atom is 0.132 e. The predicted molar refractivity (Wildman–Crippen MR) is 76.7 cm³/mol. The summed E-state index contributed by atoms with van der Waals surface area (Å²) in [5.41, 5.74) is 3.71. The molecular weight excluding hydrogens is 238 g/mol. The van der Waals surface area contributed by atoms with Crippen LogP contribution in [0.3, 0.4) is 0 Å². The molecule has 1 fully saturated rings. The largest absolute Gasteiger partial charge is 0.375 e. The second-order valence-corrected chi connectivity index (χ2v) is 5.82. The molecule has 1 N–H and O–H groups in total. The molecule has 3 heterocycles. The van der Waals surface area contributed by atoms with Gasteiger partial charge in [-0.3, -0.25) is 0 Å². The van der Waals surface area contributed by atoms with Gasteiger partial charge in [-0.2, -0.15) is 0 Å². The molecule has 1 aromatic rings. The van der Waals surface area contributed by atoms with Crippen molar-refractivity contribution in [1.29, 1.82) is 0 Å². The number of fused-ring (bicyclic) bond motifs is 3. The van der Waals surface area contributed by atoms with E-state index < -0.39 is 0 Å². The van der Waals surface area contributed by atoms with Gasteiger partial charge in [-0.25, -0.2) is 4.98 Å². The summed E-state index contributed by atoms with van der Waals surface area (Å²) in [7, 11) is 1.75. The molecule has 4 heteroatoms. The van der Waals surface area contributed by atoms with E-state index >= 15 is 0 Å². The standard InChI is InChI=1S/C15H23N3O/c1-9-5-12-6-13-8-16-7-10(2)18(13)15(12)17-14(9)11(3)19-4/h5,10-11,13,16H,6-8H2,1-4H3/t10-,11?,13-/m1/s1. The van der Waals surface area contributed by atoms with E-state index in [2.05, 4.69) is 37.1 Å². The highest BCUT2D eigenvalue weighted by molar-refractivity contribution is 5.57. The molecule has 1 saturated heterocycles. The molecule has 1 unspecified atom stereocenters. The Labute approximate surface area is 115 Å². The first kappa shape index (κ1) is 12.9. The smallest absolute Gasteiger partial charge is 0.132 e. The zero-order valence-corrected chi connectivity index (χ0v) is 12.2. The number of aryl methyl sites for hydroxylation is 1. The molecule has 19 heavy (non-hydrogen) atoms. The average molecular weight is 261 g/mol. The lowest BCUT2D eigenvalue weighted by atomic mass is 10.1. The first-order valence-corrected chi connectivity index (χ1v) is 7.14. The topological polar surface area (TPSA) is 37.4 Å². The van der Waals surface area contributed by atoms with Crippen LogP contribution in [0.5, 0.6) is 0 Å². The van der Waals surface area contributed by atoms with Crippen LogP contribution in [-0.2, 0) is 11.2 Å². The van der Waals surface area contributed by atoms with E-state index in [0.29, 0.717) is 12.1 Å². The molecule has 3 rings (SSSR count). The van der Waals surface area contributed by atoms with E-state index in [0.717, 1.165) is 25.2 Å². The van der Waals surface area contributed by atoms with Crippen molar-refractivity contribution in [1.82, 2.24) is 10.3 Å². The minimum Gasteiger partial charge on any atom is -0.375 e. The highest BCUT2D eigenvalue weighted by atomic mass is 16.5. The van der Waals surface area contributed by atoms with Crippen LogP contribution in [-0.4, -0.2) is 37.3 Å². The number of hydrogen-bond donors (Lipinski definition) is 1. The lowest BCUT2D eigenvalue weighted by Gasteiger charge is -2.38. The Morgan fingerprint density at radius 1 is 1.47 bits per heavy atom. The number of rotatable bonds is 2. The van der Waals surface area contributed by atoms with Crippen LogP contribution < -0.4 is 10.2 Å². The van der Waals surface area contributed by atoms with Crippen molar-refractivity contribution in [3.63, 3.8) is 0 Å². The predicted octanol–water partition coefficient (Wildman–Crippen LogP) is 1.82. The number of piperazine rings is 1. The summed E-state index contributed by atoms with van der Waals surface area (Å²) >= 11 is 0. The number of anilines is 1. The molecule has 2 aliphatic rings.